The number of nitrogens with zero attached hydrogens (tertiary/aromatic N) is 3. The number of fused-ring (bicyclic) bond motifs is 2. The molecule has 243 valence electrons. The maximum Gasteiger partial charge on any atom is 0.0774 e. The van der Waals surface area contributed by atoms with E-state index in [1.165, 1.54) is 38.5 Å². The summed E-state index contributed by atoms with van der Waals surface area (Å²) in [5.41, 5.74) is 10.7. The molecule has 0 amide bonds. The molecule has 3 aromatic heterocycles. The van der Waals surface area contributed by atoms with Crippen molar-refractivity contribution in [1.29, 1.82) is 0 Å². The van der Waals surface area contributed by atoms with E-state index >= 15 is 0 Å². The van der Waals surface area contributed by atoms with Crippen LogP contribution in [0.1, 0.15) is 9.68 Å². The Labute approximate surface area is 314 Å². The zero-order chi connectivity index (χ0) is 35.5. The van der Waals surface area contributed by atoms with Gasteiger partial charge in [-0.25, -0.2) is 0 Å². The Hall–Kier alpha value is -5.45. The van der Waals surface area contributed by atoms with Crippen LogP contribution in [0.25, 0.3) is 71.7 Å². The number of thiophene rings is 1. The molecule has 0 N–H and O–H groups in total. The number of imidazole rings is 1. The van der Waals surface area contributed by atoms with Crippen molar-refractivity contribution >= 4 is 32.5 Å². The van der Waals surface area contributed by atoms with Crippen LogP contribution in [0.3, 0.4) is 0 Å². The summed E-state index contributed by atoms with van der Waals surface area (Å²) in [6.45, 7) is -2.09. The second-order valence-electron chi connectivity index (χ2n) is 11.5. The molecule has 0 saturated heterocycles. The van der Waals surface area contributed by atoms with E-state index in [1.807, 2.05) is 18.2 Å². The van der Waals surface area contributed by atoms with Crippen LogP contribution in [0.4, 0.5) is 0 Å². The first kappa shape index (κ1) is 29.5. The van der Waals surface area contributed by atoms with E-state index in [9.17, 15) is 0 Å². The second-order valence-corrected chi connectivity index (χ2v) is 12.3. The van der Waals surface area contributed by atoms with E-state index in [-0.39, 0.29) is 25.7 Å². The molecule has 3 nitrogen and oxygen atoms in total. The number of hydrogen-bond acceptors (Lipinski definition) is 3. The van der Waals surface area contributed by atoms with Gasteiger partial charge < -0.3 is 9.55 Å². The fourth-order valence-electron chi connectivity index (χ4n) is 6.10. The van der Waals surface area contributed by atoms with Gasteiger partial charge >= 0.3 is 0 Å². The molecule has 0 atom stereocenters. The van der Waals surface area contributed by atoms with Gasteiger partial charge in [0.25, 0.3) is 0 Å². The van der Waals surface area contributed by atoms with Crippen LogP contribution in [-0.4, -0.2) is 14.5 Å². The topological polar surface area (TPSA) is 30.7 Å². The van der Waals surface area contributed by atoms with E-state index < -0.39 is 6.85 Å². The van der Waals surface area contributed by atoms with Crippen molar-refractivity contribution in [2.24, 2.45) is 0 Å². The Kier molecular flexibility index (Phi) is 8.83. The zero-order valence-electron chi connectivity index (χ0n) is 29.7. The monoisotopic (exact) mass is 841 g/mol. The minimum absolute atomic E-state index is 0. The smallest absolute Gasteiger partial charge is 0.0774 e. The van der Waals surface area contributed by atoms with Crippen molar-refractivity contribution in [3.05, 3.63) is 187 Å². The molecule has 5 heteroatoms. The fourth-order valence-corrected chi connectivity index (χ4v) is 6.94. The summed E-state index contributed by atoms with van der Waals surface area (Å²) in [7, 11) is 0. The third-order valence-electron chi connectivity index (χ3n) is 8.38. The van der Waals surface area contributed by atoms with Crippen molar-refractivity contribution in [3.63, 3.8) is 0 Å². The average molecular weight is 841 g/mol. The molecule has 0 fully saturated rings. The summed E-state index contributed by atoms with van der Waals surface area (Å²) in [6.07, 6.45) is 1.39. The molecular weight excluding hydrogens is 807 g/mol. The van der Waals surface area contributed by atoms with Crippen LogP contribution in [0.15, 0.2) is 170 Å². The van der Waals surface area contributed by atoms with Crippen molar-refractivity contribution in [1.82, 2.24) is 14.5 Å². The van der Waals surface area contributed by atoms with Gasteiger partial charge in [-0.15, -0.1) is 47.3 Å². The number of aromatic nitrogens is 3. The zero-order valence-corrected chi connectivity index (χ0v) is 30.0. The van der Waals surface area contributed by atoms with E-state index in [4.69, 9.17) is 9.10 Å². The first-order valence-corrected chi connectivity index (χ1v) is 16.8. The van der Waals surface area contributed by atoms with Crippen LogP contribution in [0.5, 0.6) is 0 Å². The van der Waals surface area contributed by atoms with Gasteiger partial charge in [0.15, 0.2) is 0 Å². The normalized spacial score (nSPS) is 11.9. The summed E-state index contributed by atoms with van der Waals surface area (Å²) >= 11 is 1.65. The Morgan fingerprint density at radius 1 is 0.660 bits per heavy atom. The molecule has 0 spiro atoms. The molecule has 6 aromatic carbocycles. The molecule has 0 unspecified atom stereocenters. The molecule has 0 aliphatic carbocycles. The molecular formula is C45H31IrN3S-2. The number of rotatable bonds is 5. The van der Waals surface area contributed by atoms with Crippen LogP contribution < -0.4 is 0 Å². The number of benzene rings is 6. The van der Waals surface area contributed by atoms with Crippen molar-refractivity contribution in [3.8, 4) is 50.6 Å². The van der Waals surface area contributed by atoms with Gasteiger partial charge in [-0.1, -0.05) is 137 Å². The van der Waals surface area contributed by atoms with Gasteiger partial charge in [0, 0.05) is 41.5 Å². The minimum atomic E-state index is -2.09. The molecule has 0 aliphatic heterocycles. The van der Waals surface area contributed by atoms with Gasteiger partial charge in [-0.3, -0.25) is 16.3 Å². The Morgan fingerprint density at radius 2 is 1.34 bits per heavy atom. The standard InChI is InChI=1S/C33H21N2S.C12H10N.Ir/c1-3-12-23(13-4-1)25-17-11-18-26(24-14-5-2-6-15-24)32(25)35-30-20-9-8-19-29(30)34-33(35)28-22-36-31-21-10-7-16-27(28)31;1-10-7-8-12(13-9-10)11-5-3-2-4-6-11;/h1-21H;2-5,7-9H,1H3;/q2*-1;/i;1D3;. The fraction of sp³-hybridized carbons (Fsp3) is 0.0222. The van der Waals surface area contributed by atoms with E-state index in [1.54, 1.807) is 29.5 Å². The number of hydrogen-bond donors (Lipinski definition) is 0. The number of para-hydroxylation sites is 3. The van der Waals surface area contributed by atoms with Crippen LogP contribution in [0.2, 0.25) is 0 Å². The SMILES string of the molecule is [2H]C([2H])([2H])c1ccc(-c2[c-]cccc2)nc1.[Ir].[c-]1sc2ccccc2c1-c1nc2ccccc2n1-c1c(-c2ccccc2)cccc1-c1ccccc1. The molecule has 50 heavy (non-hydrogen) atoms. The third-order valence-corrected chi connectivity index (χ3v) is 9.26. The van der Waals surface area contributed by atoms with E-state index in [0.29, 0.717) is 0 Å². The van der Waals surface area contributed by atoms with Gasteiger partial charge in [-0.2, -0.15) is 0 Å². The Bertz CT molecular complexity index is 2540. The van der Waals surface area contributed by atoms with Gasteiger partial charge in [-0.05, 0) is 41.4 Å². The van der Waals surface area contributed by atoms with Gasteiger partial charge in [0.05, 0.1) is 22.5 Å². The minimum Gasteiger partial charge on any atom is -0.332 e. The summed E-state index contributed by atoms with van der Waals surface area (Å²) in [4.78, 5) is 9.31. The Morgan fingerprint density at radius 3 is 2.02 bits per heavy atom. The molecule has 3 heterocycles. The quantitative estimate of drug-likeness (QED) is 0.162. The van der Waals surface area contributed by atoms with Crippen molar-refractivity contribution in [2.75, 3.05) is 0 Å². The number of pyridine rings is 1. The Balaban J connectivity index is 0.000000216. The number of aryl methyl sites for hydroxylation is 1. The molecule has 9 rings (SSSR count). The summed E-state index contributed by atoms with van der Waals surface area (Å²) in [5, 5.41) is 4.76. The first-order chi connectivity index (χ1) is 25.5. The average Bonchev–Trinajstić information content (AvgIpc) is 3.80. The maximum atomic E-state index is 7.23. The molecule has 0 saturated carbocycles. The van der Waals surface area contributed by atoms with Crippen LogP contribution >= 0.6 is 11.3 Å². The predicted molar refractivity (Wildman–Crippen MR) is 205 cm³/mol. The predicted octanol–water partition coefficient (Wildman–Crippen LogP) is 11.9. The third kappa shape index (κ3) is 6.59. The van der Waals surface area contributed by atoms with Crippen LogP contribution in [-0.2, 0) is 20.1 Å². The molecule has 9 aromatic rings. The second kappa shape index (κ2) is 15.0. The van der Waals surface area contributed by atoms with Crippen molar-refractivity contribution < 1.29 is 24.2 Å². The van der Waals surface area contributed by atoms with Gasteiger partial charge in [0.2, 0.25) is 0 Å². The molecule has 1 radical (unpaired) electrons. The van der Waals surface area contributed by atoms with Crippen LogP contribution in [0, 0.1) is 18.3 Å². The summed E-state index contributed by atoms with van der Waals surface area (Å²) < 4.78 is 25.3. The first-order valence-electron chi connectivity index (χ1n) is 17.5. The van der Waals surface area contributed by atoms with E-state index in [0.717, 1.165) is 39.4 Å². The van der Waals surface area contributed by atoms with Crippen molar-refractivity contribution in [2.45, 2.75) is 6.85 Å². The largest absolute Gasteiger partial charge is 0.332 e. The summed E-state index contributed by atoms with van der Waals surface area (Å²) in [6, 6.07) is 58.5. The van der Waals surface area contributed by atoms with Gasteiger partial charge in [0.1, 0.15) is 0 Å². The summed E-state index contributed by atoms with van der Waals surface area (Å²) in [5.74, 6) is 0.911. The molecule has 0 bridgehead atoms. The molecule has 0 aliphatic rings. The van der Waals surface area contributed by atoms with E-state index in [2.05, 4.69) is 148 Å². The maximum absolute atomic E-state index is 7.23.